The first-order valence-corrected chi connectivity index (χ1v) is 8.24. The maximum atomic E-state index is 13.4. The molecule has 0 N–H and O–H groups in total. The molecule has 1 aliphatic heterocycles. The van der Waals surface area contributed by atoms with Crippen LogP contribution in [0, 0.1) is 17.1 Å². The number of nitriles is 1. The maximum absolute atomic E-state index is 13.4. The Balaban J connectivity index is 2.18. The molecule has 2 aromatic rings. The number of halogens is 1. The highest BCUT2D eigenvalue weighted by Crippen LogP contribution is 2.33. The minimum absolute atomic E-state index is 0.0214. The van der Waals surface area contributed by atoms with Crippen LogP contribution in [0.1, 0.15) is 22.3 Å². The molecule has 2 aromatic carbocycles. The van der Waals surface area contributed by atoms with Crippen LogP contribution in [0.5, 0.6) is 0 Å². The molecule has 0 radical (unpaired) electrons. The second-order valence-electron chi connectivity index (χ2n) is 5.02. The Bertz CT molecular complexity index is 948. The zero-order valence-electron chi connectivity index (χ0n) is 11.9. The molecule has 0 aliphatic carbocycles. The molecule has 0 spiro atoms. The third-order valence-electron chi connectivity index (χ3n) is 3.65. The number of sulfonamides is 1. The zero-order valence-corrected chi connectivity index (χ0v) is 12.7. The Morgan fingerprint density at radius 1 is 1.17 bits per heavy atom. The summed E-state index contributed by atoms with van der Waals surface area (Å²) in [5.74, 6) is -0.909. The molecule has 0 bridgehead atoms. The number of nitrogens with zero attached hydrogens (tertiary/aromatic N) is 2. The van der Waals surface area contributed by atoms with Crippen molar-refractivity contribution in [2.45, 2.75) is 11.3 Å². The average molecular weight is 330 g/mol. The smallest absolute Gasteiger partial charge is 0.265 e. The highest BCUT2D eigenvalue weighted by Gasteiger charge is 2.33. The summed E-state index contributed by atoms with van der Waals surface area (Å²) < 4.78 is 40.2. The van der Waals surface area contributed by atoms with Gasteiger partial charge in [-0.2, -0.15) is 5.26 Å². The van der Waals surface area contributed by atoms with Gasteiger partial charge in [0.15, 0.2) is 5.78 Å². The van der Waals surface area contributed by atoms with Gasteiger partial charge in [-0.15, -0.1) is 0 Å². The second-order valence-corrected chi connectivity index (χ2v) is 6.85. The number of carbonyl (C=O) groups excluding carboxylic acids is 1. The van der Waals surface area contributed by atoms with Crippen LogP contribution in [0.15, 0.2) is 47.4 Å². The third-order valence-corrected chi connectivity index (χ3v) is 5.52. The molecule has 0 saturated heterocycles. The fourth-order valence-corrected chi connectivity index (χ4v) is 4.19. The van der Waals surface area contributed by atoms with Crippen LogP contribution in [0.2, 0.25) is 0 Å². The van der Waals surface area contributed by atoms with Gasteiger partial charge in [-0.05, 0) is 30.3 Å². The van der Waals surface area contributed by atoms with Gasteiger partial charge in [0.05, 0.1) is 11.3 Å². The number of rotatable bonds is 2. The van der Waals surface area contributed by atoms with Crippen molar-refractivity contribution in [3.63, 3.8) is 0 Å². The number of hydrogen-bond donors (Lipinski definition) is 0. The summed E-state index contributed by atoms with van der Waals surface area (Å²) in [6.07, 6.45) is -0.0373. The average Bonchev–Trinajstić information content (AvgIpc) is 2.55. The van der Waals surface area contributed by atoms with Gasteiger partial charge in [0, 0.05) is 18.5 Å². The van der Waals surface area contributed by atoms with Crippen LogP contribution in [0.4, 0.5) is 10.1 Å². The summed E-state index contributed by atoms with van der Waals surface area (Å²) in [6.45, 7) is -0.0421. The predicted molar refractivity (Wildman–Crippen MR) is 81.0 cm³/mol. The lowest BCUT2D eigenvalue weighted by atomic mass is 10.0. The van der Waals surface area contributed by atoms with Gasteiger partial charge in [0.2, 0.25) is 0 Å². The van der Waals surface area contributed by atoms with E-state index in [9.17, 15) is 17.6 Å². The highest BCUT2D eigenvalue weighted by molar-refractivity contribution is 7.93. The molecule has 3 rings (SSSR count). The SMILES string of the molecule is N#Cc1ccccc1S(=O)(=O)N1CCC(=O)c2cc(F)ccc21. The summed E-state index contributed by atoms with van der Waals surface area (Å²) in [6, 6.07) is 11.1. The number of ketones is 1. The van der Waals surface area contributed by atoms with Gasteiger partial charge in [-0.3, -0.25) is 9.10 Å². The van der Waals surface area contributed by atoms with E-state index in [-0.39, 0.29) is 40.5 Å². The van der Waals surface area contributed by atoms with E-state index in [1.54, 1.807) is 6.07 Å². The van der Waals surface area contributed by atoms with E-state index in [4.69, 9.17) is 5.26 Å². The van der Waals surface area contributed by atoms with E-state index >= 15 is 0 Å². The van der Waals surface area contributed by atoms with Crippen molar-refractivity contribution in [3.8, 4) is 6.07 Å². The lowest BCUT2D eigenvalue weighted by Gasteiger charge is -2.30. The van der Waals surface area contributed by atoms with Crippen LogP contribution < -0.4 is 4.31 Å². The maximum Gasteiger partial charge on any atom is 0.265 e. The lowest BCUT2D eigenvalue weighted by molar-refractivity contribution is 0.0981. The fourth-order valence-electron chi connectivity index (χ4n) is 2.56. The van der Waals surface area contributed by atoms with Crippen molar-refractivity contribution in [2.75, 3.05) is 10.8 Å². The summed E-state index contributed by atoms with van der Waals surface area (Å²) in [7, 11) is -4.02. The van der Waals surface area contributed by atoms with Crippen LogP contribution in [-0.4, -0.2) is 20.7 Å². The molecule has 5 nitrogen and oxygen atoms in total. The Kier molecular flexibility index (Phi) is 3.62. The van der Waals surface area contributed by atoms with Gasteiger partial charge in [0.25, 0.3) is 10.0 Å². The number of hydrogen-bond acceptors (Lipinski definition) is 4. The van der Waals surface area contributed by atoms with Crippen molar-refractivity contribution < 1.29 is 17.6 Å². The minimum Gasteiger partial charge on any atom is -0.294 e. The molecule has 1 heterocycles. The van der Waals surface area contributed by atoms with Crippen LogP contribution >= 0.6 is 0 Å². The molecule has 0 unspecified atom stereocenters. The first kappa shape index (κ1) is 15.2. The van der Waals surface area contributed by atoms with Crippen molar-refractivity contribution in [3.05, 3.63) is 59.4 Å². The summed E-state index contributed by atoms with van der Waals surface area (Å²) in [4.78, 5) is 11.8. The van der Waals surface area contributed by atoms with Gasteiger partial charge < -0.3 is 0 Å². The van der Waals surface area contributed by atoms with Crippen LogP contribution in [-0.2, 0) is 10.0 Å². The summed E-state index contributed by atoms with van der Waals surface area (Å²) >= 11 is 0. The Hall–Kier alpha value is -2.72. The number of Topliss-reactive ketones (excluding diaryl/α,β-unsaturated/α-hetero) is 1. The first-order chi connectivity index (χ1) is 10.9. The standard InChI is InChI=1S/C16H11FN2O3S/c17-12-5-6-14-13(9-12)15(20)7-8-19(14)23(21,22)16-4-2-1-3-11(16)10-18/h1-6,9H,7-8H2. The molecule has 7 heteroatoms. The molecule has 0 amide bonds. The normalized spacial score (nSPS) is 14.3. The molecule has 116 valence electrons. The number of fused-ring (bicyclic) bond motifs is 1. The van der Waals surface area contributed by atoms with Crippen molar-refractivity contribution >= 4 is 21.5 Å². The van der Waals surface area contributed by atoms with E-state index in [0.29, 0.717) is 0 Å². The third kappa shape index (κ3) is 2.47. The molecule has 1 aliphatic rings. The van der Waals surface area contributed by atoms with E-state index in [2.05, 4.69) is 0 Å². The highest BCUT2D eigenvalue weighted by atomic mass is 32.2. The zero-order chi connectivity index (χ0) is 16.6. The number of benzene rings is 2. The summed E-state index contributed by atoms with van der Waals surface area (Å²) in [5.41, 5.74) is 0.192. The lowest BCUT2D eigenvalue weighted by Crippen LogP contribution is -2.37. The van der Waals surface area contributed by atoms with Gasteiger partial charge in [-0.1, -0.05) is 12.1 Å². The molecule has 0 atom stereocenters. The van der Waals surface area contributed by atoms with E-state index in [1.165, 1.54) is 24.3 Å². The Morgan fingerprint density at radius 2 is 1.91 bits per heavy atom. The molecule has 0 saturated carbocycles. The van der Waals surface area contributed by atoms with E-state index < -0.39 is 15.8 Å². The Labute approximate surface area is 132 Å². The first-order valence-electron chi connectivity index (χ1n) is 6.80. The van der Waals surface area contributed by atoms with Gasteiger partial charge in [0.1, 0.15) is 16.8 Å². The number of anilines is 1. The quantitative estimate of drug-likeness (QED) is 0.847. The Morgan fingerprint density at radius 3 is 2.65 bits per heavy atom. The van der Waals surface area contributed by atoms with Crippen molar-refractivity contribution in [1.82, 2.24) is 0 Å². The van der Waals surface area contributed by atoms with E-state index in [1.807, 2.05) is 6.07 Å². The van der Waals surface area contributed by atoms with E-state index in [0.717, 1.165) is 16.4 Å². The van der Waals surface area contributed by atoms with Crippen LogP contribution in [0.3, 0.4) is 0 Å². The van der Waals surface area contributed by atoms with Crippen LogP contribution in [0.25, 0.3) is 0 Å². The largest absolute Gasteiger partial charge is 0.294 e. The van der Waals surface area contributed by atoms with Gasteiger partial charge in [-0.25, -0.2) is 12.8 Å². The molecule has 0 fully saturated rings. The molecular weight excluding hydrogens is 319 g/mol. The number of carbonyl (C=O) groups is 1. The monoisotopic (exact) mass is 330 g/mol. The summed E-state index contributed by atoms with van der Waals surface area (Å²) in [5, 5.41) is 9.12. The topological polar surface area (TPSA) is 78.2 Å². The van der Waals surface area contributed by atoms with Crippen molar-refractivity contribution in [2.24, 2.45) is 0 Å². The van der Waals surface area contributed by atoms with Crippen molar-refractivity contribution in [1.29, 1.82) is 5.26 Å². The predicted octanol–water partition coefficient (Wildman–Crippen LogP) is 2.48. The van der Waals surface area contributed by atoms with Gasteiger partial charge >= 0.3 is 0 Å². The molecule has 23 heavy (non-hydrogen) atoms. The molecular formula is C16H11FN2O3S. The molecule has 0 aromatic heterocycles. The minimum atomic E-state index is -4.02. The second kappa shape index (κ2) is 5.48. The fraction of sp³-hybridized carbons (Fsp3) is 0.125.